The van der Waals surface area contributed by atoms with Gasteiger partial charge >= 0.3 is 0 Å². The van der Waals surface area contributed by atoms with Gasteiger partial charge < -0.3 is 9.47 Å². The number of nitrogens with zero attached hydrogens (tertiary/aromatic N) is 2. The van der Waals surface area contributed by atoms with Crippen molar-refractivity contribution in [2.75, 3.05) is 7.11 Å². The van der Waals surface area contributed by atoms with E-state index in [1.807, 2.05) is 42.5 Å². The third-order valence-corrected chi connectivity index (χ3v) is 3.79. The minimum absolute atomic E-state index is 0.491. The van der Waals surface area contributed by atoms with Gasteiger partial charge in [0.05, 0.1) is 7.11 Å². The van der Waals surface area contributed by atoms with Crippen LogP contribution < -0.4 is 9.47 Å². The van der Waals surface area contributed by atoms with Gasteiger partial charge in [-0.25, -0.2) is 9.97 Å². The fourth-order valence-electron chi connectivity index (χ4n) is 2.15. The van der Waals surface area contributed by atoms with Gasteiger partial charge in [-0.1, -0.05) is 28.1 Å². The highest BCUT2D eigenvalue weighted by molar-refractivity contribution is 9.10. The molecule has 0 spiro atoms. The Balaban J connectivity index is 1.76. The largest absolute Gasteiger partial charge is 0.497 e. The van der Waals surface area contributed by atoms with Gasteiger partial charge in [-0.15, -0.1) is 0 Å². The minimum Gasteiger partial charge on any atom is -0.497 e. The molecule has 0 atom stereocenters. The summed E-state index contributed by atoms with van der Waals surface area (Å²) in [6.45, 7) is 0.491. The van der Waals surface area contributed by atoms with E-state index >= 15 is 0 Å². The molecule has 0 aliphatic rings. The van der Waals surface area contributed by atoms with E-state index in [1.54, 1.807) is 19.5 Å². The molecule has 0 fully saturated rings. The van der Waals surface area contributed by atoms with Crippen LogP contribution >= 0.6 is 15.9 Å². The molecule has 1 aromatic heterocycles. The predicted molar refractivity (Wildman–Crippen MR) is 92.5 cm³/mol. The van der Waals surface area contributed by atoms with E-state index in [1.165, 1.54) is 6.33 Å². The van der Waals surface area contributed by atoms with Gasteiger partial charge in [-0.05, 0) is 41.5 Å². The molecule has 3 rings (SSSR count). The van der Waals surface area contributed by atoms with Crippen LogP contribution in [0.15, 0.2) is 65.7 Å². The van der Waals surface area contributed by atoms with Crippen molar-refractivity contribution < 1.29 is 9.47 Å². The summed E-state index contributed by atoms with van der Waals surface area (Å²) in [5, 5.41) is 0. The molecule has 23 heavy (non-hydrogen) atoms. The number of hydrogen-bond acceptors (Lipinski definition) is 4. The maximum Gasteiger partial charge on any atom is 0.121 e. The highest BCUT2D eigenvalue weighted by Gasteiger charge is 2.04. The summed E-state index contributed by atoms with van der Waals surface area (Å²) in [6, 6.07) is 13.8. The van der Waals surface area contributed by atoms with Crippen LogP contribution in [0.3, 0.4) is 0 Å². The molecule has 1 heterocycles. The quantitative estimate of drug-likeness (QED) is 0.663. The molecule has 116 valence electrons. The van der Waals surface area contributed by atoms with Crippen LogP contribution in [-0.2, 0) is 6.61 Å². The Hall–Kier alpha value is -2.40. The lowest BCUT2D eigenvalue weighted by atomic mass is 10.1. The van der Waals surface area contributed by atoms with Crippen LogP contribution in [-0.4, -0.2) is 17.1 Å². The third kappa shape index (κ3) is 4.07. The lowest BCUT2D eigenvalue weighted by Crippen LogP contribution is -1.96. The molecule has 0 N–H and O–H groups in total. The van der Waals surface area contributed by atoms with Crippen LogP contribution in [0.4, 0.5) is 0 Å². The second-order valence-corrected chi connectivity index (χ2v) is 5.86. The Morgan fingerprint density at radius 1 is 0.913 bits per heavy atom. The summed E-state index contributed by atoms with van der Waals surface area (Å²) in [6.07, 6.45) is 5.08. The van der Waals surface area contributed by atoms with Crippen molar-refractivity contribution in [2.45, 2.75) is 6.61 Å². The van der Waals surface area contributed by atoms with Gasteiger partial charge in [-0.2, -0.15) is 0 Å². The first-order valence-electron chi connectivity index (χ1n) is 7.06. The average molecular weight is 371 g/mol. The molecule has 0 aliphatic carbocycles. The van der Waals surface area contributed by atoms with Crippen LogP contribution in [0, 0.1) is 0 Å². The SMILES string of the molecule is COc1ccc(COc2cc(Br)cc(-c3cncnc3)c2)cc1. The lowest BCUT2D eigenvalue weighted by Gasteiger charge is -2.10. The first-order chi connectivity index (χ1) is 11.2. The summed E-state index contributed by atoms with van der Waals surface area (Å²) in [4.78, 5) is 8.10. The van der Waals surface area contributed by atoms with Crippen molar-refractivity contribution in [3.8, 4) is 22.6 Å². The standard InChI is InChI=1S/C18H15BrN2O2/c1-22-17-4-2-13(3-5-17)11-23-18-7-14(6-16(19)8-18)15-9-20-12-21-10-15/h2-10,12H,11H2,1H3. The summed E-state index contributed by atoms with van der Waals surface area (Å²) in [5.74, 6) is 1.62. The smallest absolute Gasteiger partial charge is 0.121 e. The molecule has 0 bridgehead atoms. The maximum absolute atomic E-state index is 5.90. The van der Waals surface area contributed by atoms with E-state index in [0.29, 0.717) is 6.61 Å². The molecule has 3 aromatic rings. The van der Waals surface area contributed by atoms with Gasteiger partial charge in [0.15, 0.2) is 0 Å². The number of rotatable bonds is 5. The Labute approximate surface area is 143 Å². The normalized spacial score (nSPS) is 10.3. The first-order valence-corrected chi connectivity index (χ1v) is 7.85. The van der Waals surface area contributed by atoms with E-state index in [2.05, 4.69) is 25.9 Å². The van der Waals surface area contributed by atoms with Crippen molar-refractivity contribution in [2.24, 2.45) is 0 Å². The summed E-state index contributed by atoms with van der Waals surface area (Å²) in [5.41, 5.74) is 3.03. The highest BCUT2D eigenvalue weighted by atomic mass is 79.9. The fourth-order valence-corrected chi connectivity index (χ4v) is 2.62. The van der Waals surface area contributed by atoms with Crippen molar-refractivity contribution >= 4 is 15.9 Å². The maximum atomic E-state index is 5.90. The topological polar surface area (TPSA) is 44.2 Å². The average Bonchev–Trinajstić information content (AvgIpc) is 2.61. The Bertz CT molecular complexity index is 777. The molecule has 0 amide bonds. The number of hydrogen-bond donors (Lipinski definition) is 0. The number of halogens is 1. The fraction of sp³-hybridized carbons (Fsp3) is 0.111. The van der Waals surface area contributed by atoms with Gasteiger partial charge in [0, 0.05) is 22.4 Å². The molecule has 5 heteroatoms. The second kappa shape index (κ2) is 7.24. The molecule has 0 saturated heterocycles. The Morgan fingerprint density at radius 3 is 2.35 bits per heavy atom. The first kappa shape index (κ1) is 15.5. The van der Waals surface area contributed by atoms with Gasteiger partial charge in [0.2, 0.25) is 0 Å². The molecule has 0 radical (unpaired) electrons. The van der Waals surface area contributed by atoms with E-state index in [9.17, 15) is 0 Å². The van der Waals surface area contributed by atoms with Crippen LogP contribution in [0.1, 0.15) is 5.56 Å². The van der Waals surface area contributed by atoms with Crippen molar-refractivity contribution in [3.63, 3.8) is 0 Å². The zero-order chi connectivity index (χ0) is 16.1. The van der Waals surface area contributed by atoms with E-state index in [4.69, 9.17) is 9.47 Å². The molecular formula is C18H15BrN2O2. The molecule has 0 saturated carbocycles. The van der Waals surface area contributed by atoms with Gasteiger partial charge in [0.25, 0.3) is 0 Å². The minimum atomic E-state index is 0.491. The molecular weight excluding hydrogens is 356 g/mol. The van der Waals surface area contributed by atoms with Crippen LogP contribution in [0.25, 0.3) is 11.1 Å². The monoisotopic (exact) mass is 370 g/mol. The van der Waals surface area contributed by atoms with Crippen LogP contribution in [0.5, 0.6) is 11.5 Å². The summed E-state index contributed by atoms with van der Waals surface area (Å²) < 4.78 is 12.0. The predicted octanol–water partition coefficient (Wildman–Crippen LogP) is 4.49. The number of methoxy groups -OCH3 is 1. The van der Waals surface area contributed by atoms with Crippen molar-refractivity contribution in [1.82, 2.24) is 9.97 Å². The number of aromatic nitrogens is 2. The van der Waals surface area contributed by atoms with Gasteiger partial charge in [-0.3, -0.25) is 0 Å². The molecule has 0 unspecified atom stereocenters. The lowest BCUT2D eigenvalue weighted by molar-refractivity contribution is 0.306. The highest BCUT2D eigenvalue weighted by Crippen LogP contribution is 2.28. The zero-order valence-corrected chi connectivity index (χ0v) is 14.2. The summed E-state index contributed by atoms with van der Waals surface area (Å²) in [7, 11) is 1.65. The number of benzene rings is 2. The zero-order valence-electron chi connectivity index (χ0n) is 12.6. The van der Waals surface area contributed by atoms with E-state index in [0.717, 1.165) is 32.7 Å². The molecule has 0 aliphatic heterocycles. The van der Waals surface area contributed by atoms with Crippen LogP contribution in [0.2, 0.25) is 0 Å². The Kier molecular flexibility index (Phi) is 4.88. The van der Waals surface area contributed by atoms with Gasteiger partial charge in [0.1, 0.15) is 24.4 Å². The van der Waals surface area contributed by atoms with Crippen molar-refractivity contribution in [1.29, 1.82) is 0 Å². The molecule has 4 nitrogen and oxygen atoms in total. The Morgan fingerprint density at radius 2 is 1.65 bits per heavy atom. The molecule has 2 aromatic carbocycles. The third-order valence-electron chi connectivity index (χ3n) is 3.33. The summed E-state index contributed by atoms with van der Waals surface area (Å²) >= 11 is 3.52. The van der Waals surface area contributed by atoms with E-state index in [-0.39, 0.29) is 0 Å². The van der Waals surface area contributed by atoms with E-state index < -0.39 is 0 Å². The second-order valence-electron chi connectivity index (χ2n) is 4.94. The van der Waals surface area contributed by atoms with Crippen molar-refractivity contribution in [3.05, 3.63) is 71.2 Å². The number of ether oxygens (including phenoxy) is 2.